The number of nitrogens with one attached hydrogen (secondary N) is 1. The minimum absolute atomic E-state index is 0.225. The largest absolute Gasteiger partial charge is 0.340 e. The molecule has 1 amide bonds. The van der Waals surface area contributed by atoms with Gasteiger partial charge >= 0.3 is 0 Å². The fourth-order valence-corrected chi connectivity index (χ4v) is 1.34. The van der Waals surface area contributed by atoms with Crippen molar-refractivity contribution in [3.8, 4) is 0 Å². The van der Waals surface area contributed by atoms with Gasteiger partial charge in [0, 0.05) is 31.6 Å². The molecule has 0 atom stereocenters. The Morgan fingerprint density at radius 1 is 1.00 bits per heavy atom. The van der Waals surface area contributed by atoms with Crippen LogP contribution in [0.3, 0.4) is 0 Å². The predicted octanol–water partition coefficient (Wildman–Crippen LogP) is 2.52. The number of amides is 1. The Labute approximate surface area is 102 Å². The molecule has 1 saturated heterocycles. The van der Waals surface area contributed by atoms with Crippen LogP contribution in [0.25, 0.3) is 0 Å². The molecule has 0 aliphatic carbocycles. The monoisotopic (exact) mass is 230 g/mol. The lowest BCUT2D eigenvalue weighted by molar-refractivity contribution is -0.140. The quantitative estimate of drug-likeness (QED) is 0.693. The van der Waals surface area contributed by atoms with Gasteiger partial charge in [0.25, 0.3) is 0 Å². The zero-order valence-electron chi connectivity index (χ0n) is 12.2. The zero-order valence-corrected chi connectivity index (χ0v) is 12.2. The van der Waals surface area contributed by atoms with E-state index in [1.165, 1.54) is 0 Å². The van der Waals surface area contributed by atoms with Crippen molar-refractivity contribution in [3.05, 3.63) is 0 Å². The molecule has 0 aromatic rings. The molecule has 1 rings (SSSR count). The maximum absolute atomic E-state index is 11.7. The minimum Gasteiger partial charge on any atom is -0.340 e. The van der Waals surface area contributed by atoms with Crippen LogP contribution in [0.4, 0.5) is 0 Å². The number of piperazine rings is 1. The molecular formula is C13H30N2O. The van der Waals surface area contributed by atoms with E-state index in [1.807, 2.05) is 53.4 Å². The van der Waals surface area contributed by atoms with Crippen LogP contribution in [0.1, 0.15) is 48.5 Å². The first-order valence-electron chi connectivity index (χ1n) is 6.52. The average molecular weight is 230 g/mol. The van der Waals surface area contributed by atoms with E-state index in [9.17, 15) is 4.79 Å². The molecule has 0 aromatic carbocycles. The molecule has 0 spiro atoms. The highest BCUT2D eigenvalue weighted by atomic mass is 16.2. The fourth-order valence-electron chi connectivity index (χ4n) is 1.34. The summed E-state index contributed by atoms with van der Waals surface area (Å²) in [5, 5.41) is 3.23. The topological polar surface area (TPSA) is 32.3 Å². The molecule has 1 aliphatic heterocycles. The predicted molar refractivity (Wildman–Crippen MR) is 71.6 cm³/mol. The van der Waals surface area contributed by atoms with Gasteiger partial charge in [0.15, 0.2) is 0 Å². The van der Waals surface area contributed by atoms with Gasteiger partial charge in [0.2, 0.25) is 5.91 Å². The molecule has 0 saturated carbocycles. The lowest BCUT2D eigenvalue weighted by Crippen LogP contribution is -2.49. The maximum atomic E-state index is 11.7. The number of rotatable bonds is 0. The Kier molecular flexibility index (Phi) is 10.7. The second-order valence-electron chi connectivity index (χ2n) is 4.29. The molecule has 1 heterocycles. The molecule has 0 aromatic heterocycles. The van der Waals surface area contributed by atoms with E-state index in [0.29, 0.717) is 0 Å². The number of hydrogen-bond acceptors (Lipinski definition) is 2. The van der Waals surface area contributed by atoms with Crippen LogP contribution in [0, 0.1) is 5.41 Å². The summed E-state index contributed by atoms with van der Waals surface area (Å²) in [6.45, 7) is 17.5. The average Bonchev–Trinajstić information content (AvgIpc) is 2.33. The van der Waals surface area contributed by atoms with Crippen LogP contribution in [-0.4, -0.2) is 37.0 Å². The molecule has 1 aliphatic rings. The van der Waals surface area contributed by atoms with E-state index in [0.717, 1.165) is 26.2 Å². The van der Waals surface area contributed by atoms with Crippen molar-refractivity contribution in [2.75, 3.05) is 26.2 Å². The normalized spacial score (nSPS) is 15.3. The zero-order chi connectivity index (χ0) is 13.2. The van der Waals surface area contributed by atoms with E-state index in [4.69, 9.17) is 0 Å². The number of nitrogens with zero attached hydrogens (tertiary/aromatic N) is 1. The van der Waals surface area contributed by atoms with Gasteiger partial charge in [-0.25, -0.2) is 0 Å². The van der Waals surface area contributed by atoms with Crippen molar-refractivity contribution >= 4 is 5.91 Å². The van der Waals surface area contributed by atoms with Crippen molar-refractivity contribution in [2.45, 2.75) is 48.5 Å². The van der Waals surface area contributed by atoms with Gasteiger partial charge in [-0.05, 0) is 0 Å². The van der Waals surface area contributed by atoms with Gasteiger partial charge in [-0.1, -0.05) is 48.5 Å². The van der Waals surface area contributed by atoms with Crippen LogP contribution < -0.4 is 5.32 Å². The smallest absolute Gasteiger partial charge is 0.228 e. The Morgan fingerprint density at radius 2 is 1.38 bits per heavy atom. The van der Waals surface area contributed by atoms with Crippen molar-refractivity contribution in [1.82, 2.24) is 10.2 Å². The summed E-state index contributed by atoms with van der Waals surface area (Å²) in [4.78, 5) is 13.7. The third kappa shape index (κ3) is 6.83. The van der Waals surface area contributed by atoms with Crippen LogP contribution >= 0.6 is 0 Å². The van der Waals surface area contributed by atoms with E-state index >= 15 is 0 Å². The number of carbonyl (C=O) groups is 1. The highest BCUT2D eigenvalue weighted by molar-refractivity contribution is 5.81. The van der Waals surface area contributed by atoms with E-state index < -0.39 is 0 Å². The molecule has 1 fully saturated rings. The number of hydrogen-bond donors (Lipinski definition) is 1. The van der Waals surface area contributed by atoms with Crippen molar-refractivity contribution in [3.63, 3.8) is 0 Å². The lowest BCUT2D eigenvalue weighted by atomic mass is 9.94. The van der Waals surface area contributed by atoms with Crippen LogP contribution in [0.5, 0.6) is 0 Å². The van der Waals surface area contributed by atoms with Gasteiger partial charge in [-0.3, -0.25) is 4.79 Å². The number of carbonyl (C=O) groups excluding carboxylic acids is 1. The van der Waals surface area contributed by atoms with Crippen LogP contribution in [-0.2, 0) is 4.79 Å². The third-order valence-corrected chi connectivity index (χ3v) is 2.05. The highest BCUT2D eigenvalue weighted by Crippen LogP contribution is 2.17. The minimum atomic E-state index is -0.225. The van der Waals surface area contributed by atoms with Crippen molar-refractivity contribution in [1.29, 1.82) is 0 Å². The fraction of sp³-hybridized carbons (Fsp3) is 0.923. The highest BCUT2D eigenvalue weighted by Gasteiger charge is 2.27. The Bertz CT molecular complexity index is 167. The van der Waals surface area contributed by atoms with E-state index in [2.05, 4.69) is 5.32 Å². The van der Waals surface area contributed by atoms with Gasteiger partial charge in [-0.15, -0.1) is 0 Å². The summed E-state index contributed by atoms with van der Waals surface area (Å²) in [6.07, 6.45) is 0. The molecule has 3 nitrogen and oxygen atoms in total. The Morgan fingerprint density at radius 3 is 1.69 bits per heavy atom. The first-order chi connectivity index (χ1) is 7.52. The molecule has 3 heteroatoms. The van der Waals surface area contributed by atoms with Crippen molar-refractivity contribution < 1.29 is 4.79 Å². The summed E-state index contributed by atoms with van der Waals surface area (Å²) < 4.78 is 0. The third-order valence-electron chi connectivity index (χ3n) is 2.05. The van der Waals surface area contributed by atoms with E-state index in [1.54, 1.807) is 0 Å². The van der Waals surface area contributed by atoms with Gasteiger partial charge in [-0.2, -0.15) is 0 Å². The Balaban J connectivity index is 0. The van der Waals surface area contributed by atoms with Gasteiger partial charge in [0.1, 0.15) is 0 Å². The Hall–Kier alpha value is -0.570. The van der Waals surface area contributed by atoms with Crippen LogP contribution in [0.15, 0.2) is 0 Å². The molecule has 0 bridgehead atoms. The lowest BCUT2D eigenvalue weighted by Gasteiger charge is -2.32. The summed E-state index contributed by atoms with van der Waals surface area (Å²) in [6, 6.07) is 0. The second kappa shape index (κ2) is 9.64. The molecule has 0 unspecified atom stereocenters. The maximum Gasteiger partial charge on any atom is 0.228 e. The molecule has 0 radical (unpaired) electrons. The SMILES string of the molecule is CC.CC.CC(C)(C)C(=O)N1CCNCC1. The first-order valence-corrected chi connectivity index (χ1v) is 6.52. The van der Waals surface area contributed by atoms with Crippen LogP contribution in [0.2, 0.25) is 0 Å². The van der Waals surface area contributed by atoms with E-state index in [-0.39, 0.29) is 11.3 Å². The summed E-state index contributed by atoms with van der Waals surface area (Å²) in [7, 11) is 0. The first kappa shape index (κ1) is 17.8. The standard InChI is InChI=1S/C9H18N2O.2C2H6/c1-9(2,3)8(12)11-6-4-10-5-7-11;2*1-2/h10H,4-7H2,1-3H3;2*1-2H3. The van der Waals surface area contributed by atoms with Crippen molar-refractivity contribution in [2.24, 2.45) is 5.41 Å². The summed E-state index contributed by atoms with van der Waals surface area (Å²) in [5.41, 5.74) is -0.225. The van der Waals surface area contributed by atoms with Gasteiger partial charge < -0.3 is 10.2 Å². The molecular weight excluding hydrogens is 200 g/mol. The van der Waals surface area contributed by atoms with Gasteiger partial charge in [0.05, 0.1) is 0 Å². The molecule has 16 heavy (non-hydrogen) atoms. The molecule has 98 valence electrons. The summed E-state index contributed by atoms with van der Waals surface area (Å²) >= 11 is 0. The molecule has 1 N–H and O–H groups in total. The second-order valence-corrected chi connectivity index (χ2v) is 4.29. The summed E-state index contributed by atoms with van der Waals surface area (Å²) in [5.74, 6) is 0.268.